The first-order chi connectivity index (χ1) is 11.3. The fourth-order valence-corrected chi connectivity index (χ4v) is 3.84. The van der Waals surface area contributed by atoms with Gasteiger partial charge in [-0.25, -0.2) is 0 Å². The summed E-state index contributed by atoms with van der Waals surface area (Å²) in [6.07, 6.45) is 1.08. The van der Waals surface area contributed by atoms with Gasteiger partial charge in [0.2, 0.25) is 11.8 Å². The molecule has 7 heteroatoms. The minimum atomic E-state index is -0.409. The molecule has 1 aromatic heterocycles. The molecule has 0 spiro atoms. The highest BCUT2D eigenvalue weighted by Gasteiger charge is 2.34. The van der Waals surface area contributed by atoms with Crippen molar-refractivity contribution in [3.8, 4) is 0 Å². The summed E-state index contributed by atoms with van der Waals surface area (Å²) in [5, 5.41) is 0. The average molecular weight is 351 g/mol. The molecular weight excluding hydrogens is 326 g/mol. The highest BCUT2D eigenvalue weighted by atomic mass is 32.1. The Hall–Kier alpha value is -1.89. The standard InChI is InChI=1S/C17H25N3O3S/c1-5-13-11(4)6-14(24-13)17(23)19-18-16(22)12-7-15(21)20(9-12)8-10(2)3/h6,10,12H,5,7-9H2,1-4H3,(H,18,22)(H,19,23)/t12-/m0/s1. The van der Waals surface area contributed by atoms with E-state index in [1.807, 2.05) is 33.8 Å². The average Bonchev–Trinajstić information content (AvgIpc) is 3.07. The Morgan fingerprint density at radius 3 is 2.67 bits per heavy atom. The number of aryl methyl sites for hydroxylation is 2. The number of hydrazine groups is 1. The number of rotatable bonds is 5. The van der Waals surface area contributed by atoms with Gasteiger partial charge in [-0.15, -0.1) is 11.3 Å². The zero-order valence-corrected chi connectivity index (χ0v) is 15.5. The molecule has 3 amide bonds. The lowest BCUT2D eigenvalue weighted by atomic mass is 10.1. The predicted molar refractivity (Wildman–Crippen MR) is 93.6 cm³/mol. The first kappa shape index (κ1) is 18.4. The number of thiophene rings is 1. The Labute approximate surface area is 146 Å². The molecule has 0 radical (unpaired) electrons. The summed E-state index contributed by atoms with van der Waals surface area (Å²) in [5.41, 5.74) is 5.99. The lowest BCUT2D eigenvalue weighted by Crippen LogP contribution is -2.45. The van der Waals surface area contributed by atoms with Crippen molar-refractivity contribution in [3.63, 3.8) is 0 Å². The molecule has 1 atom stereocenters. The lowest BCUT2D eigenvalue weighted by Gasteiger charge is -2.18. The first-order valence-corrected chi connectivity index (χ1v) is 9.10. The van der Waals surface area contributed by atoms with Crippen LogP contribution in [0.5, 0.6) is 0 Å². The van der Waals surface area contributed by atoms with Crippen molar-refractivity contribution in [2.75, 3.05) is 13.1 Å². The third-order valence-corrected chi connectivity index (χ3v) is 5.42. The third-order valence-electron chi connectivity index (χ3n) is 4.04. The summed E-state index contributed by atoms with van der Waals surface area (Å²) >= 11 is 1.43. The number of nitrogens with zero attached hydrogens (tertiary/aromatic N) is 1. The van der Waals surface area contributed by atoms with Crippen LogP contribution in [0.25, 0.3) is 0 Å². The van der Waals surface area contributed by atoms with Gasteiger partial charge >= 0.3 is 0 Å². The highest BCUT2D eigenvalue weighted by molar-refractivity contribution is 7.14. The van der Waals surface area contributed by atoms with Gasteiger partial charge < -0.3 is 4.90 Å². The van der Waals surface area contributed by atoms with Gasteiger partial charge in [-0.05, 0) is 30.9 Å². The molecule has 0 aliphatic carbocycles. The number of carbonyl (C=O) groups is 3. The maximum Gasteiger partial charge on any atom is 0.279 e. The van der Waals surface area contributed by atoms with Gasteiger partial charge in [0.1, 0.15) is 0 Å². The van der Waals surface area contributed by atoms with Crippen LogP contribution in [0.15, 0.2) is 6.07 Å². The Morgan fingerprint density at radius 1 is 1.38 bits per heavy atom. The molecule has 1 aliphatic rings. The van der Waals surface area contributed by atoms with Crippen molar-refractivity contribution in [1.29, 1.82) is 0 Å². The summed E-state index contributed by atoms with van der Waals surface area (Å²) < 4.78 is 0. The first-order valence-electron chi connectivity index (χ1n) is 8.29. The molecule has 132 valence electrons. The van der Waals surface area contributed by atoms with Crippen LogP contribution in [-0.4, -0.2) is 35.7 Å². The largest absolute Gasteiger partial charge is 0.342 e. The van der Waals surface area contributed by atoms with Gasteiger partial charge in [-0.3, -0.25) is 25.2 Å². The van der Waals surface area contributed by atoms with Gasteiger partial charge in [0, 0.05) is 24.4 Å². The molecule has 6 nitrogen and oxygen atoms in total. The Bertz CT molecular complexity index is 639. The smallest absolute Gasteiger partial charge is 0.279 e. The molecule has 0 saturated carbocycles. The van der Waals surface area contributed by atoms with Crippen LogP contribution in [-0.2, 0) is 16.0 Å². The Morgan fingerprint density at radius 2 is 2.08 bits per heavy atom. The number of carbonyl (C=O) groups excluding carboxylic acids is 3. The fraction of sp³-hybridized carbons (Fsp3) is 0.588. The zero-order valence-electron chi connectivity index (χ0n) is 14.6. The van der Waals surface area contributed by atoms with Crippen molar-refractivity contribution in [3.05, 3.63) is 21.4 Å². The highest BCUT2D eigenvalue weighted by Crippen LogP contribution is 2.22. The topological polar surface area (TPSA) is 78.5 Å². The summed E-state index contributed by atoms with van der Waals surface area (Å²) in [4.78, 5) is 39.7. The van der Waals surface area contributed by atoms with E-state index in [-0.39, 0.29) is 24.1 Å². The molecule has 1 fully saturated rings. The lowest BCUT2D eigenvalue weighted by molar-refractivity contribution is -0.129. The second kappa shape index (κ2) is 7.79. The van der Waals surface area contributed by atoms with Crippen LogP contribution in [0.3, 0.4) is 0 Å². The van der Waals surface area contributed by atoms with E-state index in [4.69, 9.17) is 0 Å². The predicted octanol–water partition coefficient (Wildman–Crippen LogP) is 1.88. The molecule has 2 heterocycles. The minimum absolute atomic E-state index is 0.00311. The van der Waals surface area contributed by atoms with Crippen LogP contribution in [0.2, 0.25) is 0 Å². The summed E-state index contributed by atoms with van der Waals surface area (Å²) in [7, 11) is 0. The number of nitrogens with one attached hydrogen (secondary N) is 2. The van der Waals surface area contributed by atoms with E-state index >= 15 is 0 Å². The molecule has 0 aromatic carbocycles. The van der Waals surface area contributed by atoms with Crippen LogP contribution in [0, 0.1) is 18.8 Å². The number of likely N-dealkylation sites (tertiary alicyclic amines) is 1. The van der Waals surface area contributed by atoms with Crippen molar-refractivity contribution in [2.45, 2.75) is 40.5 Å². The van der Waals surface area contributed by atoms with E-state index in [9.17, 15) is 14.4 Å². The van der Waals surface area contributed by atoms with E-state index in [1.54, 1.807) is 4.90 Å². The SMILES string of the molecule is CCc1sc(C(=O)NNC(=O)[C@H]2CC(=O)N(CC(C)C)C2)cc1C. The van der Waals surface area contributed by atoms with E-state index in [1.165, 1.54) is 11.3 Å². The number of amides is 3. The molecule has 1 aliphatic heterocycles. The molecule has 1 saturated heterocycles. The Kier molecular flexibility index (Phi) is 5.99. The maximum absolute atomic E-state index is 12.2. The molecular formula is C17H25N3O3S. The zero-order chi connectivity index (χ0) is 17.9. The van der Waals surface area contributed by atoms with Crippen LogP contribution < -0.4 is 10.9 Å². The summed E-state index contributed by atoms with van der Waals surface area (Å²) in [5.74, 6) is -0.679. The number of hydrogen-bond donors (Lipinski definition) is 2. The van der Waals surface area contributed by atoms with Gasteiger partial charge in [0.25, 0.3) is 5.91 Å². The molecule has 24 heavy (non-hydrogen) atoms. The normalized spacial score (nSPS) is 17.5. The van der Waals surface area contributed by atoms with Crippen molar-refractivity contribution in [1.82, 2.24) is 15.8 Å². The van der Waals surface area contributed by atoms with Crippen LogP contribution >= 0.6 is 11.3 Å². The van der Waals surface area contributed by atoms with Crippen molar-refractivity contribution < 1.29 is 14.4 Å². The molecule has 0 bridgehead atoms. The van der Waals surface area contributed by atoms with Crippen LogP contribution in [0.4, 0.5) is 0 Å². The second-order valence-corrected chi connectivity index (χ2v) is 7.74. The van der Waals surface area contributed by atoms with Gasteiger partial charge in [-0.1, -0.05) is 20.8 Å². The van der Waals surface area contributed by atoms with E-state index in [0.29, 0.717) is 23.9 Å². The molecule has 2 N–H and O–H groups in total. The van der Waals surface area contributed by atoms with Gasteiger partial charge in [0.15, 0.2) is 0 Å². The van der Waals surface area contributed by atoms with E-state index in [2.05, 4.69) is 10.9 Å². The summed E-state index contributed by atoms with van der Waals surface area (Å²) in [6.45, 7) is 9.16. The molecule has 1 aromatic rings. The van der Waals surface area contributed by atoms with E-state index in [0.717, 1.165) is 16.9 Å². The maximum atomic E-state index is 12.2. The fourth-order valence-electron chi connectivity index (χ4n) is 2.83. The molecule has 0 unspecified atom stereocenters. The van der Waals surface area contributed by atoms with E-state index < -0.39 is 5.92 Å². The minimum Gasteiger partial charge on any atom is -0.342 e. The van der Waals surface area contributed by atoms with Crippen molar-refractivity contribution >= 4 is 29.1 Å². The molecule has 2 rings (SSSR count). The van der Waals surface area contributed by atoms with Crippen molar-refractivity contribution in [2.24, 2.45) is 11.8 Å². The number of hydrogen-bond acceptors (Lipinski definition) is 4. The van der Waals surface area contributed by atoms with Gasteiger partial charge in [0.05, 0.1) is 10.8 Å². The monoisotopic (exact) mass is 351 g/mol. The summed E-state index contributed by atoms with van der Waals surface area (Å²) in [6, 6.07) is 1.83. The second-order valence-electron chi connectivity index (χ2n) is 6.61. The third kappa shape index (κ3) is 4.35. The quantitative estimate of drug-likeness (QED) is 0.795. The Balaban J connectivity index is 1.86. The van der Waals surface area contributed by atoms with Crippen LogP contribution in [0.1, 0.15) is 47.3 Å². The van der Waals surface area contributed by atoms with Gasteiger partial charge in [-0.2, -0.15) is 0 Å².